The van der Waals surface area contributed by atoms with Gasteiger partial charge in [0.05, 0.1) is 0 Å². The van der Waals surface area contributed by atoms with Crippen molar-refractivity contribution in [2.75, 3.05) is 0 Å². The number of benzene rings is 2. The molecule has 3 N–H and O–H groups in total. The average Bonchev–Trinajstić information content (AvgIpc) is 3.08. The highest BCUT2D eigenvalue weighted by Crippen LogP contribution is 2.20. The van der Waals surface area contributed by atoms with Crippen LogP contribution in [0, 0.1) is 0 Å². The fourth-order valence-electron chi connectivity index (χ4n) is 2.89. The van der Waals surface area contributed by atoms with Gasteiger partial charge in [0.15, 0.2) is 17.1 Å². The lowest BCUT2D eigenvalue weighted by Crippen LogP contribution is -2.37. The number of oxazole rings is 1. The molecule has 1 unspecified atom stereocenters. The summed E-state index contributed by atoms with van der Waals surface area (Å²) in [6.07, 6.45) is 3.21. The van der Waals surface area contributed by atoms with Crippen molar-refractivity contribution in [3.8, 4) is 5.75 Å². The van der Waals surface area contributed by atoms with Gasteiger partial charge >= 0.3 is 5.97 Å². The van der Waals surface area contributed by atoms with Crippen LogP contribution in [-0.2, 0) is 17.6 Å². The van der Waals surface area contributed by atoms with E-state index in [-0.39, 0.29) is 6.04 Å². The van der Waals surface area contributed by atoms with Gasteiger partial charge in [-0.1, -0.05) is 24.3 Å². The van der Waals surface area contributed by atoms with E-state index in [9.17, 15) is 4.79 Å². The molecule has 0 radical (unpaired) electrons. The van der Waals surface area contributed by atoms with Crippen molar-refractivity contribution >= 4 is 17.1 Å². The molecule has 3 rings (SSSR count). The number of rotatable bonds is 9. The number of hydrogen-bond donors (Lipinski definition) is 2. The summed E-state index contributed by atoms with van der Waals surface area (Å²) in [5, 5.41) is 9.13. The van der Waals surface area contributed by atoms with E-state index in [1.165, 1.54) is 13.8 Å². The number of aryl methyl sites for hydroxylation is 2. The molecule has 1 aromatic heterocycles. The standard InChI is InChI=1S/C22H26N2O4/c1-22(2,21(25)26)28-17-12-8-15(9-13-17)7-10-16(23)11-14-20-24-18-5-3-4-6-19(18)27-20/h3-6,8-9,12-13,16H,7,10-11,14,23H2,1-2H3,(H,25,26). The molecule has 0 saturated heterocycles. The number of para-hydroxylation sites is 2. The Morgan fingerprint density at radius 2 is 1.82 bits per heavy atom. The minimum Gasteiger partial charge on any atom is -0.478 e. The fourth-order valence-corrected chi connectivity index (χ4v) is 2.89. The number of carbonyl (C=O) groups is 1. The van der Waals surface area contributed by atoms with E-state index in [4.69, 9.17) is 20.0 Å². The number of nitrogens with two attached hydrogens (primary N) is 1. The fraction of sp³-hybridized carbons (Fsp3) is 0.364. The van der Waals surface area contributed by atoms with Crippen molar-refractivity contribution in [2.24, 2.45) is 5.73 Å². The first-order chi connectivity index (χ1) is 13.3. The molecule has 0 amide bonds. The highest BCUT2D eigenvalue weighted by Gasteiger charge is 2.29. The van der Waals surface area contributed by atoms with Crippen LogP contribution in [0.15, 0.2) is 52.9 Å². The summed E-state index contributed by atoms with van der Waals surface area (Å²) in [5.74, 6) is 0.261. The summed E-state index contributed by atoms with van der Waals surface area (Å²) >= 11 is 0. The Labute approximate surface area is 164 Å². The number of nitrogens with zero attached hydrogens (tertiary/aromatic N) is 1. The summed E-state index contributed by atoms with van der Waals surface area (Å²) in [6, 6.07) is 15.3. The number of aromatic nitrogens is 1. The van der Waals surface area contributed by atoms with E-state index in [0.717, 1.165) is 41.8 Å². The van der Waals surface area contributed by atoms with Gasteiger partial charge in [0.2, 0.25) is 0 Å². The quantitative estimate of drug-likeness (QED) is 0.581. The molecular weight excluding hydrogens is 356 g/mol. The number of carboxylic acids is 1. The third-order valence-electron chi connectivity index (χ3n) is 4.68. The number of carboxylic acid groups (broad SMARTS) is 1. The molecule has 0 fully saturated rings. The SMILES string of the molecule is CC(C)(Oc1ccc(CCC(N)CCc2nc3ccccc3o2)cc1)C(=O)O. The van der Waals surface area contributed by atoms with E-state index in [2.05, 4.69) is 4.98 Å². The Balaban J connectivity index is 1.46. The van der Waals surface area contributed by atoms with Crippen molar-refractivity contribution in [3.05, 3.63) is 60.0 Å². The lowest BCUT2D eigenvalue weighted by Gasteiger charge is -2.21. The van der Waals surface area contributed by atoms with Crippen molar-refractivity contribution < 1.29 is 19.1 Å². The molecule has 6 nitrogen and oxygen atoms in total. The first-order valence-corrected chi connectivity index (χ1v) is 9.45. The normalized spacial score (nSPS) is 12.8. The van der Waals surface area contributed by atoms with Crippen LogP contribution in [0.4, 0.5) is 0 Å². The zero-order valence-electron chi connectivity index (χ0n) is 16.2. The second-order valence-corrected chi connectivity index (χ2v) is 7.47. The van der Waals surface area contributed by atoms with Crippen LogP contribution < -0.4 is 10.5 Å². The number of hydrogen-bond acceptors (Lipinski definition) is 5. The van der Waals surface area contributed by atoms with E-state index >= 15 is 0 Å². The van der Waals surface area contributed by atoms with Gasteiger partial charge in [0.1, 0.15) is 11.3 Å². The zero-order valence-corrected chi connectivity index (χ0v) is 16.2. The predicted octanol–water partition coefficient (Wildman–Crippen LogP) is 3.96. The largest absolute Gasteiger partial charge is 0.478 e. The van der Waals surface area contributed by atoms with E-state index < -0.39 is 11.6 Å². The van der Waals surface area contributed by atoms with Gasteiger partial charge in [-0.15, -0.1) is 0 Å². The van der Waals surface area contributed by atoms with Crippen LogP contribution in [0.3, 0.4) is 0 Å². The number of aliphatic carboxylic acids is 1. The molecule has 28 heavy (non-hydrogen) atoms. The topological polar surface area (TPSA) is 98.6 Å². The van der Waals surface area contributed by atoms with Crippen LogP contribution in [0.5, 0.6) is 5.75 Å². The molecule has 148 valence electrons. The Morgan fingerprint density at radius 3 is 2.50 bits per heavy atom. The summed E-state index contributed by atoms with van der Waals surface area (Å²) in [7, 11) is 0. The van der Waals surface area contributed by atoms with Gasteiger partial charge in [0, 0.05) is 12.5 Å². The molecule has 6 heteroatoms. The van der Waals surface area contributed by atoms with Crippen LogP contribution in [0.25, 0.3) is 11.1 Å². The highest BCUT2D eigenvalue weighted by molar-refractivity contribution is 5.76. The lowest BCUT2D eigenvalue weighted by molar-refractivity contribution is -0.152. The summed E-state index contributed by atoms with van der Waals surface area (Å²) in [6.45, 7) is 3.05. The second kappa shape index (κ2) is 8.44. The van der Waals surface area contributed by atoms with Crippen molar-refractivity contribution in [1.29, 1.82) is 0 Å². The molecule has 3 aromatic rings. The maximum absolute atomic E-state index is 11.1. The molecular formula is C22H26N2O4. The van der Waals surface area contributed by atoms with Crippen LogP contribution in [-0.4, -0.2) is 27.7 Å². The third kappa shape index (κ3) is 5.10. The van der Waals surface area contributed by atoms with Gasteiger partial charge in [-0.05, 0) is 62.9 Å². The molecule has 0 aliphatic rings. The number of fused-ring (bicyclic) bond motifs is 1. The Hall–Kier alpha value is -2.86. The zero-order chi connectivity index (χ0) is 20.1. The second-order valence-electron chi connectivity index (χ2n) is 7.47. The molecule has 0 spiro atoms. The minimum absolute atomic E-state index is 0.0527. The predicted molar refractivity (Wildman–Crippen MR) is 107 cm³/mol. The van der Waals surface area contributed by atoms with E-state index in [1.54, 1.807) is 12.1 Å². The van der Waals surface area contributed by atoms with Gasteiger partial charge in [-0.25, -0.2) is 9.78 Å². The summed E-state index contributed by atoms with van der Waals surface area (Å²) in [5.41, 5.74) is 7.81. The van der Waals surface area contributed by atoms with Crippen molar-refractivity contribution in [3.63, 3.8) is 0 Å². The summed E-state index contributed by atoms with van der Waals surface area (Å²) < 4.78 is 11.2. The maximum atomic E-state index is 11.1. The Morgan fingerprint density at radius 1 is 1.14 bits per heavy atom. The van der Waals surface area contributed by atoms with Crippen LogP contribution >= 0.6 is 0 Å². The van der Waals surface area contributed by atoms with E-state index in [0.29, 0.717) is 12.2 Å². The molecule has 0 aliphatic heterocycles. The molecule has 0 bridgehead atoms. The molecule has 1 atom stereocenters. The van der Waals surface area contributed by atoms with E-state index in [1.807, 2.05) is 36.4 Å². The van der Waals surface area contributed by atoms with Crippen LogP contribution in [0.2, 0.25) is 0 Å². The molecule has 1 heterocycles. The summed E-state index contributed by atoms with van der Waals surface area (Å²) in [4.78, 5) is 15.6. The van der Waals surface area contributed by atoms with Crippen LogP contribution in [0.1, 0.15) is 38.1 Å². The minimum atomic E-state index is -1.26. The van der Waals surface area contributed by atoms with Gasteiger partial charge < -0.3 is 20.0 Å². The number of ether oxygens (including phenoxy) is 1. The first kappa shape index (κ1) is 19.9. The molecule has 2 aromatic carbocycles. The Bertz CT molecular complexity index is 898. The van der Waals surface area contributed by atoms with Gasteiger partial charge in [-0.3, -0.25) is 0 Å². The molecule has 0 saturated carbocycles. The Kier molecular flexibility index (Phi) is 5.99. The van der Waals surface area contributed by atoms with Crippen molar-refractivity contribution in [1.82, 2.24) is 4.98 Å². The maximum Gasteiger partial charge on any atom is 0.347 e. The van der Waals surface area contributed by atoms with Gasteiger partial charge in [0.25, 0.3) is 0 Å². The average molecular weight is 382 g/mol. The highest BCUT2D eigenvalue weighted by atomic mass is 16.5. The smallest absolute Gasteiger partial charge is 0.347 e. The van der Waals surface area contributed by atoms with Crippen molar-refractivity contribution in [2.45, 2.75) is 51.2 Å². The lowest BCUT2D eigenvalue weighted by atomic mass is 10.0. The first-order valence-electron chi connectivity index (χ1n) is 9.45. The monoisotopic (exact) mass is 382 g/mol. The molecule has 0 aliphatic carbocycles. The third-order valence-corrected chi connectivity index (χ3v) is 4.68. The van der Waals surface area contributed by atoms with Gasteiger partial charge in [-0.2, -0.15) is 0 Å².